The van der Waals surface area contributed by atoms with Gasteiger partial charge >= 0.3 is 5.97 Å². The van der Waals surface area contributed by atoms with Crippen LogP contribution in [-0.2, 0) is 9.53 Å². The van der Waals surface area contributed by atoms with Crippen molar-refractivity contribution in [2.45, 2.75) is 45.9 Å². The van der Waals surface area contributed by atoms with E-state index in [-0.39, 0.29) is 22.7 Å². The Morgan fingerprint density at radius 2 is 2.00 bits per heavy atom. The molecule has 90 valence electrons. The summed E-state index contributed by atoms with van der Waals surface area (Å²) in [6, 6.07) is 0.0735. The summed E-state index contributed by atoms with van der Waals surface area (Å²) in [5.41, 5.74) is 6.01. The summed E-state index contributed by atoms with van der Waals surface area (Å²) in [6.07, 6.45) is 0. The average Bonchev–Trinajstić information content (AvgIpc) is 2.01. The minimum Gasteiger partial charge on any atom is -0.465 e. The fraction of sp³-hybridized carbons (Fsp3) is 0.909. The molecule has 2 N–H and O–H groups in total. The standard InChI is InChI=1S/C11H23NO2S/c1-6-14-9(13)7-15-10(8(2)12)11(3,4)5/h8,10H,6-7,12H2,1-5H3. The molecule has 0 aromatic rings. The van der Waals surface area contributed by atoms with Crippen molar-refractivity contribution in [1.82, 2.24) is 0 Å². The number of hydrogen-bond acceptors (Lipinski definition) is 4. The van der Waals surface area contributed by atoms with E-state index < -0.39 is 0 Å². The Balaban J connectivity index is 4.15. The summed E-state index contributed by atoms with van der Waals surface area (Å²) < 4.78 is 4.88. The highest BCUT2D eigenvalue weighted by Crippen LogP contribution is 2.32. The third kappa shape index (κ3) is 6.05. The lowest BCUT2D eigenvalue weighted by Crippen LogP contribution is -2.39. The van der Waals surface area contributed by atoms with Crippen LogP contribution in [0.15, 0.2) is 0 Å². The number of carbonyl (C=O) groups is 1. The van der Waals surface area contributed by atoms with Crippen molar-refractivity contribution in [3.8, 4) is 0 Å². The van der Waals surface area contributed by atoms with Crippen LogP contribution in [0.25, 0.3) is 0 Å². The maximum absolute atomic E-state index is 11.2. The molecular weight excluding hydrogens is 210 g/mol. The summed E-state index contributed by atoms with van der Waals surface area (Å²) in [5.74, 6) is 0.231. The molecule has 0 aliphatic carbocycles. The third-order valence-electron chi connectivity index (χ3n) is 2.02. The zero-order valence-electron chi connectivity index (χ0n) is 10.4. The van der Waals surface area contributed by atoms with E-state index >= 15 is 0 Å². The quantitative estimate of drug-likeness (QED) is 0.738. The molecule has 0 radical (unpaired) electrons. The average molecular weight is 233 g/mol. The molecule has 0 rings (SSSR count). The minimum absolute atomic E-state index is 0.0735. The van der Waals surface area contributed by atoms with Crippen LogP contribution in [0.4, 0.5) is 0 Å². The molecule has 0 saturated carbocycles. The largest absolute Gasteiger partial charge is 0.465 e. The van der Waals surface area contributed by atoms with E-state index in [4.69, 9.17) is 10.5 Å². The van der Waals surface area contributed by atoms with Crippen LogP contribution in [-0.4, -0.2) is 29.6 Å². The molecule has 0 aliphatic heterocycles. The molecule has 0 saturated heterocycles. The Morgan fingerprint density at radius 1 is 1.47 bits per heavy atom. The molecule has 0 aliphatic rings. The van der Waals surface area contributed by atoms with Gasteiger partial charge in [0.2, 0.25) is 0 Å². The van der Waals surface area contributed by atoms with Crippen molar-refractivity contribution in [2.75, 3.05) is 12.4 Å². The zero-order valence-corrected chi connectivity index (χ0v) is 11.2. The molecule has 15 heavy (non-hydrogen) atoms. The smallest absolute Gasteiger partial charge is 0.315 e. The Labute approximate surface area is 97.1 Å². The van der Waals surface area contributed by atoms with Crippen molar-refractivity contribution in [3.05, 3.63) is 0 Å². The van der Waals surface area contributed by atoms with E-state index in [1.54, 1.807) is 11.8 Å². The summed E-state index contributed by atoms with van der Waals surface area (Å²) in [6.45, 7) is 10.7. The highest BCUT2D eigenvalue weighted by molar-refractivity contribution is 8.00. The predicted molar refractivity (Wildman–Crippen MR) is 66.0 cm³/mol. The molecule has 0 spiro atoms. The summed E-state index contributed by atoms with van der Waals surface area (Å²) in [4.78, 5) is 11.2. The maximum atomic E-state index is 11.2. The zero-order chi connectivity index (χ0) is 12.1. The number of rotatable bonds is 5. The van der Waals surface area contributed by atoms with Crippen LogP contribution >= 0.6 is 11.8 Å². The number of carbonyl (C=O) groups excluding carboxylic acids is 1. The van der Waals surface area contributed by atoms with Gasteiger partial charge in [0, 0.05) is 11.3 Å². The van der Waals surface area contributed by atoms with Gasteiger partial charge in [-0.15, -0.1) is 11.8 Å². The molecule has 0 aromatic heterocycles. The Hall–Kier alpha value is -0.220. The van der Waals surface area contributed by atoms with E-state index in [0.29, 0.717) is 12.4 Å². The van der Waals surface area contributed by atoms with Crippen LogP contribution in [0.3, 0.4) is 0 Å². The normalized spacial score (nSPS) is 15.9. The molecule has 0 heterocycles. The number of hydrogen-bond donors (Lipinski definition) is 1. The Kier molecular flexibility index (Phi) is 6.29. The molecule has 0 amide bonds. The van der Waals surface area contributed by atoms with Crippen LogP contribution in [0.2, 0.25) is 0 Å². The van der Waals surface area contributed by atoms with Crippen LogP contribution in [0, 0.1) is 5.41 Å². The van der Waals surface area contributed by atoms with E-state index in [9.17, 15) is 4.79 Å². The van der Waals surface area contributed by atoms with Crippen LogP contribution in [0.5, 0.6) is 0 Å². The van der Waals surface area contributed by atoms with Gasteiger partial charge in [-0.05, 0) is 19.3 Å². The Morgan fingerprint density at radius 3 is 2.33 bits per heavy atom. The summed E-state index contributed by atoms with van der Waals surface area (Å²) in [5, 5.41) is 0.266. The topological polar surface area (TPSA) is 52.3 Å². The highest BCUT2D eigenvalue weighted by Gasteiger charge is 2.28. The van der Waals surface area contributed by atoms with Crippen molar-refractivity contribution in [3.63, 3.8) is 0 Å². The van der Waals surface area contributed by atoms with Gasteiger partial charge in [-0.2, -0.15) is 0 Å². The van der Waals surface area contributed by atoms with Gasteiger partial charge in [-0.1, -0.05) is 20.8 Å². The minimum atomic E-state index is -0.155. The molecule has 2 unspecified atom stereocenters. The SMILES string of the molecule is CCOC(=O)CSC(C(C)N)C(C)(C)C. The first kappa shape index (κ1) is 14.8. The monoisotopic (exact) mass is 233 g/mol. The first-order valence-electron chi connectivity index (χ1n) is 5.31. The second kappa shape index (κ2) is 6.38. The molecule has 0 aromatic carbocycles. The van der Waals surface area contributed by atoms with E-state index in [1.165, 1.54) is 0 Å². The lowest BCUT2D eigenvalue weighted by Gasteiger charge is -2.32. The molecular formula is C11H23NO2S. The molecule has 4 heteroatoms. The van der Waals surface area contributed by atoms with Gasteiger partial charge in [0.05, 0.1) is 12.4 Å². The van der Waals surface area contributed by atoms with Gasteiger partial charge in [-0.25, -0.2) is 0 Å². The number of thioether (sulfide) groups is 1. The van der Waals surface area contributed by atoms with Gasteiger partial charge in [0.25, 0.3) is 0 Å². The fourth-order valence-electron chi connectivity index (χ4n) is 1.55. The van der Waals surface area contributed by atoms with E-state index in [1.807, 2.05) is 13.8 Å². The van der Waals surface area contributed by atoms with Crippen molar-refractivity contribution in [2.24, 2.45) is 11.1 Å². The lowest BCUT2D eigenvalue weighted by molar-refractivity contribution is -0.139. The lowest BCUT2D eigenvalue weighted by atomic mass is 9.88. The molecule has 0 fully saturated rings. The first-order valence-corrected chi connectivity index (χ1v) is 6.36. The van der Waals surface area contributed by atoms with Gasteiger partial charge in [0.15, 0.2) is 0 Å². The number of esters is 1. The second-order valence-corrected chi connectivity index (χ2v) is 5.89. The number of nitrogens with two attached hydrogens (primary N) is 1. The van der Waals surface area contributed by atoms with Crippen molar-refractivity contribution < 1.29 is 9.53 Å². The van der Waals surface area contributed by atoms with Crippen LogP contribution < -0.4 is 5.73 Å². The highest BCUT2D eigenvalue weighted by atomic mass is 32.2. The van der Waals surface area contributed by atoms with Crippen LogP contribution in [0.1, 0.15) is 34.6 Å². The van der Waals surface area contributed by atoms with E-state index in [2.05, 4.69) is 20.8 Å². The third-order valence-corrected chi connectivity index (χ3v) is 3.92. The van der Waals surface area contributed by atoms with Crippen molar-refractivity contribution >= 4 is 17.7 Å². The van der Waals surface area contributed by atoms with Gasteiger partial charge < -0.3 is 10.5 Å². The van der Waals surface area contributed by atoms with Gasteiger partial charge in [0.1, 0.15) is 0 Å². The first-order chi connectivity index (χ1) is 6.79. The fourth-order valence-corrected chi connectivity index (χ4v) is 2.75. The number of ether oxygens (including phenoxy) is 1. The molecule has 3 nitrogen and oxygen atoms in total. The second-order valence-electron chi connectivity index (χ2n) is 4.76. The van der Waals surface area contributed by atoms with Crippen molar-refractivity contribution in [1.29, 1.82) is 0 Å². The van der Waals surface area contributed by atoms with Gasteiger partial charge in [-0.3, -0.25) is 4.79 Å². The Bertz CT molecular complexity index is 199. The maximum Gasteiger partial charge on any atom is 0.315 e. The summed E-state index contributed by atoms with van der Waals surface area (Å²) in [7, 11) is 0. The summed E-state index contributed by atoms with van der Waals surface area (Å²) >= 11 is 1.59. The van der Waals surface area contributed by atoms with E-state index in [0.717, 1.165) is 0 Å². The molecule has 0 bridgehead atoms. The molecule has 2 atom stereocenters. The predicted octanol–water partition coefficient (Wildman–Crippen LogP) is 2.04.